The van der Waals surface area contributed by atoms with Crippen LogP contribution in [0.15, 0.2) is 83.0 Å². The van der Waals surface area contributed by atoms with E-state index in [-0.39, 0.29) is 5.41 Å². The molecule has 0 radical (unpaired) electrons. The van der Waals surface area contributed by atoms with Gasteiger partial charge in [-0.25, -0.2) is 4.79 Å². The zero-order chi connectivity index (χ0) is 30.2. The molecule has 43 heavy (non-hydrogen) atoms. The monoisotopic (exact) mass is 592 g/mol. The molecule has 0 aromatic heterocycles. The molecule has 3 aromatic rings. The Balaban J connectivity index is 1.12. The molecule has 0 amide bonds. The van der Waals surface area contributed by atoms with Crippen molar-refractivity contribution in [2.45, 2.75) is 19.8 Å². The summed E-state index contributed by atoms with van der Waals surface area (Å²) >= 11 is 0. The number of azo groups is 1. The lowest BCUT2D eigenvalue weighted by Crippen LogP contribution is -2.43. The van der Waals surface area contributed by atoms with Gasteiger partial charge in [0.1, 0.15) is 23.9 Å². The van der Waals surface area contributed by atoms with Crippen molar-refractivity contribution in [3.63, 3.8) is 0 Å². The molecule has 0 aliphatic carbocycles. The summed E-state index contributed by atoms with van der Waals surface area (Å²) in [5.41, 5.74) is 1.88. The van der Waals surface area contributed by atoms with Crippen LogP contribution in [0.2, 0.25) is 0 Å². The summed E-state index contributed by atoms with van der Waals surface area (Å²) in [5.74, 6) is 1.43. The summed E-state index contributed by atoms with van der Waals surface area (Å²) in [6.07, 6.45) is 1.83. The van der Waals surface area contributed by atoms with Crippen molar-refractivity contribution in [3.05, 3.63) is 78.4 Å². The van der Waals surface area contributed by atoms with E-state index in [0.717, 1.165) is 50.8 Å². The number of hydrogen-bond donors (Lipinski definition) is 0. The Labute approximate surface area is 252 Å². The van der Waals surface area contributed by atoms with Crippen LogP contribution in [-0.4, -0.2) is 72.5 Å². The largest absolute Gasteiger partial charge is 0.494 e. The number of carbonyl (C=O) groups is 1. The molecule has 1 fully saturated rings. The Morgan fingerprint density at radius 1 is 0.698 bits per heavy atom. The molecule has 0 spiro atoms. The van der Waals surface area contributed by atoms with E-state index in [4.69, 9.17) is 33.2 Å². The van der Waals surface area contributed by atoms with Crippen molar-refractivity contribution in [1.29, 1.82) is 0 Å². The van der Waals surface area contributed by atoms with E-state index in [1.54, 1.807) is 55.6 Å². The third kappa shape index (κ3) is 11.4. The first-order valence-corrected chi connectivity index (χ1v) is 14.4. The molecule has 0 atom stereocenters. The first-order chi connectivity index (χ1) is 21.0. The van der Waals surface area contributed by atoms with Crippen molar-refractivity contribution in [1.82, 2.24) is 0 Å². The highest BCUT2D eigenvalue weighted by molar-refractivity contribution is 5.91. The standard InChI is InChI=1S/C33H40N2O8/c1-33(24-40-25-33)23-39-17-3-4-18-41-30-13-15-31(16-14-30)43-32(36)26-5-7-27(8-6-26)34-35-28-9-11-29(12-10-28)42-22-21-38-20-19-37-2/h5-16H,3-4,17-25H2,1-2H3. The predicted octanol–water partition coefficient (Wildman–Crippen LogP) is 6.58. The van der Waals surface area contributed by atoms with Crippen LogP contribution in [0, 0.1) is 5.41 Å². The van der Waals surface area contributed by atoms with E-state index in [9.17, 15) is 4.79 Å². The Morgan fingerprint density at radius 3 is 1.88 bits per heavy atom. The van der Waals surface area contributed by atoms with Crippen LogP contribution in [0.4, 0.5) is 11.4 Å². The topological polar surface area (TPSA) is 106 Å². The van der Waals surface area contributed by atoms with Gasteiger partial charge in [-0.15, -0.1) is 0 Å². The van der Waals surface area contributed by atoms with E-state index >= 15 is 0 Å². The maximum atomic E-state index is 12.6. The van der Waals surface area contributed by atoms with Crippen molar-refractivity contribution in [2.75, 3.05) is 66.6 Å². The van der Waals surface area contributed by atoms with Crippen molar-refractivity contribution in [2.24, 2.45) is 15.6 Å². The van der Waals surface area contributed by atoms with Crippen LogP contribution in [0.25, 0.3) is 0 Å². The predicted molar refractivity (Wildman–Crippen MR) is 161 cm³/mol. The number of esters is 1. The molecule has 1 heterocycles. The maximum absolute atomic E-state index is 12.6. The van der Waals surface area contributed by atoms with Crippen LogP contribution in [0.5, 0.6) is 17.2 Å². The lowest BCUT2D eigenvalue weighted by Gasteiger charge is -2.37. The quantitative estimate of drug-likeness (QED) is 0.0666. The minimum atomic E-state index is -0.459. The van der Waals surface area contributed by atoms with Gasteiger partial charge in [-0.2, -0.15) is 10.2 Å². The highest BCUT2D eigenvalue weighted by Gasteiger charge is 2.33. The average Bonchev–Trinajstić information content (AvgIpc) is 3.02. The first-order valence-electron chi connectivity index (χ1n) is 14.4. The van der Waals surface area contributed by atoms with E-state index in [2.05, 4.69) is 17.2 Å². The molecule has 4 rings (SSSR count). The van der Waals surface area contributed by atoms with Gasteiger partial charge in [-0.05, 0) is 85.6 Å². The van der Waals surface area contributed by atoms with Crippen LogP contribution in [-0.2, 0) is 18.9 Å². The number of methoxy groups -OCH3 is 1. The molecule has 0 saturated carbocycles. The fourth-order valence-electron chi connectivity index (χ4n) is 3.97. The molecule has 10 heteroatoms. The number of hydrogen-bond acceptors (Lipinski definition) is 10. The van der Waals surface area contributed by atoms with Crippen molar-refractivity contribution < 1.29 is 38.0 Å². The SMILES string of the molecule is COCCOCCOc1ccc(N=Nc2ccc(C(=O)Oc3ccc(OCCCCOCC4(C)COC4)cc3)cc2)cc1. The van der Waals surface area contributed by atoms with Gasteiger partial charge >= 0.3 is 5.97 Å². The Bertz CT molecular complexity index is 1260. The van der Waals surface area contributed by atoms with Crippen LogP contribution in [0.3, 0.4) is 0 Å². The normalized spacial score (nSPS) is 13.9. The summed E-state index contributed by atoms with van der Waals surface area (Å²) in [6, 6.07) is 21.0. The Morgan fingerprint density at radius 2 is 1.26 bits per heavy atom. The fourth-order valence-corrected chi connectivity index (χ4v) is 3.97. The summed E-state index contributed by atoms with van der Waals surface area (Å²) < 4.78 is 38.2. The lowest BCUT2D eigenvalue weighted by atomic mass is 9.90. The second kappa shape index (κ2) is 17.3. The number of unbranched alkanes of at least 4 members (excludes halogenated alkanes) is 1. The van der Waals surface area contributed by atoms with E-state index in [0.29, 0.717) is 55.7 Å². The second-order valence-electron chi connectivity index (χ2n) is 10.5. The number of carbonyl (C=O) groups excluding carboxylic acids is 1. The van der Waals surface area contributed by atoms with Gasteiger partial charge in [0.2, 0.25) is 0 Å². The minimum Gasteiger partial charge on any atom is -0.494 e. The van der Waals surface area contributed by atoms with Gasteiger partial charge < -0.3 is 33.2 Å². The molecule has 1 aliphatic rings. The van der Waals surface area contributed by atoms with E-state index < -0.39 is 5.97 Å². The van der Waals surface area contributed by atoms with Crippen LogP contribution >= 0.6 is 0 Å². The number of rotatable bonds is 19. The summed E-state index contributed by atoms with van der Waals surface area (Å²) in [4.78, 5) is 12.6. The molecule has 10 nitrogen and oxygen atoms in total. The van der Waals surface area contributed by atoms with E-state index in [1.165, 1.54) is 0 Å². The highest BCUT2D eigenvalue weighted by atomic mass is 16.5. The zero-order valence-electron chi connectivity index (χ0n) is 24.9. The van der Waals surface area contributed by atoms with Crippen LogP contribution in [0.1, 0.15) is 30.1 Å². The molecular formula is C33H40N2O8. The number of nitrogens with zero attached hydrogens (tertiary/aromatic N) is 2. The molecule has 1 aliphatic heterocycles. The maximum Gasteiger partial charge on any atom is 0.343 e. The van der Waals surface area contributed by atoms with Gasteiger partial charge in [0.25, 0.3) is 0 Å². The van der Waals surface area contributed by atoms with Crippen LogP contribution < -0.4 is 14.2 Å². The third-order valence-electron chi connectivity index (χ3n) is 6.49. The summed E-state index contributed by atoms with van der Waals surface area (Å²) in [5, 5.41) is 8.48. The van der Waals surface area contributed by atoms with Crippen molar-refractivity contribution in [3.8, 4) is 17.2 Å². The smallest absolute Gasteiger partial charge is 0.343 e. The van der Waals surface area contributed by atoms with Gasteiger partial charge in [-0.1, -0.05) is 6.92 Å². The summed E-state index contributed by atoms with van der Waals surface area (Å²) in [7, 11) is 1.64. The molecule has 230 valence electrons. The van der Waals surface area contributed by atoms with Gasteiger partial charge in [0, 0.05) is 19.1 Å². The first kappa shape index (κ1) is 32.1. The van der Waals surface area contributed by atoms with Gasteiger partial charge in [0.15, 0.2) is 0 Å². The van der Waals surface area contributed by atoms with Gasteiger partial charge in [-0.3, -0.25) is 0 Å². The third-order valence-corrected chi connectivity index (χ3v) is 6.49. The Kier molecular flexibility index (Phi) is 12.9. The lowest BCUT2D eigenvalue weighted by molar-refractivity contribution is -0.138. The molecule has 0 N–H and O–H groups in total. The summed E-state index contributed by atoms with van der Waals surface area (Å²) in [6.45, 7) is 7.83. The minimum absolute atomic E-state index is 0.184. The molecular weight excluding hydrogens is 552 g/mol. The van der Waals surface area contributed by atoms with Gasteiger partial charge in [0.05, 0.1) is 63.2 Å². The average molecular weight is 593 g/mol. The molecule has 1 saturated heterocycles. The second-order valence-corrected chi connectivity index (χ2v) is 10.5. The molecule has 0 bridgehead atoms. The number of benzene rings is 3. The zero-order valence-corrected chi connectivity index (χ0v) is 24.9. The number of ether oxygens (including phenoxy) is 7. The Hall–Kier alpha value is -3.83. The fraction of sp³-hybridized carbons (Fsp3) is 0.424. The highest BCUT2D eigenvalue weighted by Crippen LogP contribution is 2.27. The van der Waals surface area contributed by atoms with Crippen molar-refractivity contribution >= 4 is 17.3 Å². The molecule has 3 aromatic carbocycles. The van der Waals surface area contributed by atoms with E-state index in [1.807, 2.05) is 24.3 Å². The molecule has 0 unspecified atom stereocenters.